The zero-order valence-electron chi connectivity index (χ0n) is 8.39. The summed E-state index contributed by atoms with van der Waals surface area (Å²) in [7, 11) is 0. The van der Waals surface area contributed by atoms with Crippen molar-refractivity contribution in [2.24, 2.45) is 11.3 Å². The fraction of sp³-hybridized carbons (Fsp3) is 0.727. The molecule has 0 bridgehead atoms. The van der Waals surface area contributed by atoms with Crippen LogP contribution in [0.2, 0.25) is 0 Å². The highest BCUT2D eigenvalue weighted by molar-refractivity contribution is 5.99. The molecule has 0 aromatic carbocycles. The van der Waals surface area contributed by atoms with E-state index in [1.54, 1.807) is 0 Å². The van der Waals surface area contributed by atoms with Crippen LogP contribution in [0.3, 0.4) is 0 Å². The second-order valence-electron chi connectivity index (χ2n) is 4.24. The highest BCUT2D eigenvalue weighted by Gasteiger charge is 2.35. The smallest absolute Gasteiger partial charge is 0.211 e. The van der Waals surface area contributed by atoms with Gasteiger partial charge in [0.05, 0.1) is 0 Å². The lowest BCUT2D eigenvalue weighted by atomic mass is 9.72. The highest BCUT2D eigenvalue weighted by Crippen LogP contribution is 2.32. The molecular weight excluding hydrogens is 162 g/mol. The summed E-state index contributed by atoms with van der Waals surface area (Å²) in [5.41, 5.74) is -0.359. The number of ketones is 1. The van der Waals surface area contributed by atoms with Gasteiger partial charge in [-0.3, -0.25) is 4.79 Å². The van der Waals surface area contributed by atoms with Gasteiger partial charge in [-0.2, -0.15) is 0 Å². The van der Waals surface area contributed by atoms with Crippen LogP contribution in [0.15, 0.2) is 0 Å². The minimum absolute atomic E-state index is 0.0683. The van der Waals surface area contributed by atoms with Gasteiger partial charge in [0.1, 0.15) is 0 Å². The zero-order valence-corrected chi connectivity index (χ0v) is 8.39. The van der Waals surface area contributed by atoms with Crippen molar-refractivity contribution in [1.29, 1.82) is 0 Å². The number of nitrogens with one attached hydrogen (secondary N) is 1. The highest BCUT2D eigenvalue weighted by atomic mass is 16.1. The van der Waals surface area contributed by atoms with Gasteiger partial charge in [-0.1, -0.05) is 13.8 Å². The van der Waals surface area contributed by atoms with E-state index in [1.807, 2.05) is 13.8 Å². The lowest BCUT2D eigenvalue weighted by Crippen LogP contribution is -2.42. The second-order valence-corrected chi connectivity index (χ2v) is 4.24. The largest absolute Gasteiger partial charge is 0.316 e. The number of rotatable bonds is 2. The first kappa shape index (κ1) is 10.3. The lowest BCUT2D eigenvalue weighted by Gasteiger charge is -2.34. The molecule has 1 fully saturated rings. The fourth-order valence-corrected chi connectivity index (χ4v) is 1.84. The standard InChI is InChI=1S/C11H17NO/c1-4-10(13)11(2,3)9-6-5-7-12-8-9/h1,9,12H,5-8H2,2-3H3. The van der Waals surface area contributed by atoms with Gasteiger partial charge in [-0.25, -0.2) is 0 Å². The molecule has 13 heavy (non-hydrogen) atoms. The molecule has 2 nitrogen and oxygen atoms in total. The van der Waals surface area contributed by atoms with Crippen LogP contribution in [0, 0.1) is 23.7 Å². The van der Waals surface area contributed by atoms with E-state index in [4.69, 9.17) is 6.42 Å². The third-order valence-corrected chi connectivity index (χ3v) is 3.03. The summed E-state index contributed by atoms with van der Waals surface area (Å²) in [6.45, 7) is 5.89. The molecule has 1 atom stereocenters. The summed E-state index contributed by atoms with van der Waals surface area (Å²) in [5.74, 6) is 2.56. The number of carbonyl (C=O) groups is 1. The molecule has 1 aliphatic heterocycles. The van der Waals surface area contributed by atoms with Crippen molar-refractivity contribution in [3.8, 4) is 12.3 Å². The molecular formula is C11H17NO. The van der Waals surface area contributed by atoms with E-state index in [0.717, 1.165) is 25.9 Å². The molecule has 0 aromatic rings. The second kappa shape index (κ2) is 3.93. The van der Waals surface area contributed by atoms with Crippen LogP contribution in [-0.2, 0) is 4.79 Å². The molecule has 1 rings (SSSR count). The van der Waals surface area contributed by atoms with Crippen molar-refractivity contribution in [3.63, 3.8) is 0 Å². The third-order valence-electron chi connectivity index (χ3n) is 3.03. The molecule has 1 heterocycles. The Morgan fingerprint density at radius 1 is 1.62 bits per heavy atom. The number of carbonyl (C=O) groups excluding carboxylic acids is 1. The van der Waals surface area contributed by atoms with E-state index >= 15 is 0 Å². The van der Waals surface area contributed by atoms with Crippen LogP contribution in [-0.4, -0.2) is 18.9 Å². The summed E-state index contributed by atoms with van der Waals surface area (Å²) >= 11 is 0. The number of hydrogen-bond donors (Lipinski definition) is 1. The van der Waals surface area contributed by atoms with Gasteiger partial charge in [-0.05, 0) is 37.8 Å². The topological polar surface area (TPSA) is 29.1 Å². The number of Topliss-reactive ketones (excluding diaryl/α,β-unsaturated/α-hetero) is 1. The quantitative estimate of drug-likeness (QED) is 0.510. The van der Waals surface area contributed by atoms with E-state index in [2.05, 4.69) is 11.2 Å². The van der Waals surface area contributed by atoms with Gasteiger partial charge in [0, 0.05) is 5.41 Å². The van der Waals surface area contributed by atoms with Crippen molar-refractivity contribution in [2.75, 3.05) is 13.1 Å². The minimum atomic E-state index is -0.359. The van der Waals surface area contributed by atoms with Crippen LogP contribution < -0.4 is 5.32 Å². The Labute approximate surface area is 80.1 Å². The SMILES string of the molecule is C#CC(=O)C(C)(C)C1CCCNC1. The molecule has 1 saturated heterocycles. The molecule has 72 valence electrons. The van der Waals surface area contributed by atoms with Gasteiger partial charge >= 0.3 is 0 Å². The monoisotopic (exact) mass is 179 g/mol. The maximum atomic E-state index is 11.5. The van der Waals surface area contributed by atoms with E-state index in [-0.39, 0.29) is 11.2 Å². The molecule has 2 heteroatoms. The van der Waals surface area contributed by atoms with Crippen LogP contribution in [0.4, 0.5) is 0 Å². The summed E-state index contributed by atoms with van der Waals surface area (Å²) in [6.07, 6.45) is 7.39. The number of piperidine rings is 1. The van der Waals surface area contributed by atoms with Crippen molar-refractivity contribution in [1.82, 2.24) is 5.32 Å². The van der Waals surface area contributed by atoms with Crippen LogP contribution in [0.5, 0.6) is 0 Å². The van der Waals surface area contributed by atoms with Gasteiger partial charge in [-0.15, -0.1) is 6.42 Å². The molecule has 1 N–H and O–H groups in total. The Morgan fingerprint density at radius 3 is 2.77 bits per heavy atom. The molecule has 0 aromatic heterocycles. The van der Waals surface area contributed by atoms with Crippen LogP contribution in [0.25, 0.3) is 0 Å². The van der Waals surface area contributed by atoms with E-state index in [0.29, 0.717) is 5.92 Å². The fourth-order valence-electron chi connectivity index (χ4n) is 1.84. The van der Waals surface area contributed by atoms with Crippen LogP contribution >= 0.6 is 0 Å². The first-order chi connectivity index (χ1) is 6.09. The first-order valence-electron chi connectivity index (χ1n) is 4.81. The molecule has 0 saturated carbocycles. The van der Waals surface area contributed by atoms with Gasteiger partial charge < -0.3 is 5.32 Å². The normalized spacial score (nSPS) is 23.6. The Kier molecular flexibility index (Phi) is 3.11. The van der Waals surface area contributed by atoms with E-state index < -0.39 is 0 Å². The maximum absolute atomic E-state index is 11.5. The average Bonchev–Trinajstić information content (AvgIpc) is 2.18. The van der Waals surface area contributed by atoms with Crippen molar-refractivity contribution in [3.05, 3.63) is 0 Å². The third kappa shape index (κ3) is 2.10. The van der Waals surface area contributed by atoms with E-state index in [1.165, 1.54) is 0 Å². The van der Waals surface area contributed by atoms with Gasteiger partial charge in [0.2, 0.25) is 5.78 Å². The molecule has 1 unspecified atom stereocenters. The Hall–Kier alpha value is -0.810. The summed E-state index contributed by atoms with van der Waals surface area (Å²) in [5, 5.41) is 3.30. The Bertz CT molecular complexity index is 231. The van der Waals surface area contributed by atoms with Gasteiger partial charge in [0.25, 0.3) is 0 Å². The lowest BCUT2D eigenvalue weighted by molar-refractivity contribution is -0.124. The molecule has 0 radical (unpaired) electrons. The molecule has 1 aliphatic rings. The minimum Gasteiger partial charge on any atom is -0.316 e. The van der Waals surface area contributed by atoms with Crippen molar-refractivity contribution >= 4 is 5.78 Å². The predicted molar refractivity (Wildman–Crippen MR) is 53.2 cm³/mol. The van der Waals surface area contributed by atoms with E-state index in [9.17, 15) is 4.79 Å². The molecule has 0 spiro atoms. The summed E-state index contributed by atoms with van der Waals surface area (Å²) in [6, 6.07) is 0. The summed E-state index contributed by atoms with van der Waals surface area (Å²) < 4.78 is 0. The zero-order chi connectivity index (χ0) is 9.90. The van der Waals surface area contributed by atoms with Crippen molar-refractivity contribution in [2.45, 2.75) is 26.7 Å². The molecule has 0 amide bonds. The number of hydrogen-bond acceptors (Lipinski definition) is 2. The van der Waals surface area contributed by atoms with Gasteiger partial charge in [0.15, 0.2) is 0 Å². The average molecular weight is 179 g/mol. The van der Waals surface area contributed by atoms with Crippen LogP contribution in [0.1, 0.15) is 26.7 Å². The number of terminal acetylenes is 1. The Morgan fingerprint density at radius 2 is 2.31 bits per heavy atom. The first-order valence-corrected chi connectivity index (χ1v) is 4.81. The predicted octanol–water partition coefficient (Wildman–Crippen LogP) is 1.21. The Balaban J connectivity index is 2.67. The molecule has 0 aliphatic carbocycles. The van der Waals surface area contributed by atoms with Crippen molar-refractivity contribution < 1.29 is 4.79 Å². The summed E-state index contributed by atoms with van der Waals surface area (Å²) in [4.78, 5) is 11.5. The maximum Gasteiger partial charge on any atom is 0.211 e.